The number of hydrogen-bond acceptors (Lipinski definition) is 2. The van der Waals surface area contributed by atoms with Gasteiger partial charge in [-0.25, -0.2) is 4.39 Å². The van der Waals surface area contributed by atoms with Crippen molar-refractivity contribution in [3.8, 4) is 0 Å². The van der Waals surface area contributed by atoms with Gasteiger partial charge < -0.3 is 10.4 Å². The Bertz CT molecular complexity index is 431. The van der Waals surface area contributed by atoms with Crippen LogP contribution in [-0.2, 0) is 0 Å². The lowest BCUT2D eigenvalue weighted by molar-refractivity contribution is -0.272. The summed E-state index contributed by atoms with van der Waals surface area (Å²) in [4.78, 5) is 0. The highest BCUT2D eigenvalue weighted by Crippen LogP contribution is 2.42. The Morgan fingerprint density at radius 2 is 1.79 bits per heavy atom. The van der Waals surface area contributed by atoms with Crippen molar-refractivity contribution >= 4 is 5.69 Å². The Balaban J connectivity index is 2.19. The van der Waals surface area contributed by atoms with Gasteiger partial charge in [0.25, 0.3) is 0 Å². The average molecular weight is 277 g/mol. The monoisotopic (exact) mass is 277 g/mol. The van der Waals surface area contributed by atoms with E-state index in [-0.39, 0.29) is 12.8 Å². The first-order valence-corrected chi connectivity index (χ1v) is 6.14. The molecule has 2 rings (SSSR count). The van der Waals surface area contributed by atoms with Gasteiger partial charge in [-0.2, -0.15) is 13.2 Å². The van der Waals surface area contributed by atoms with Crippen LogP contribution in [0.2, 0.25) is 0 Å². The molecule has 2 nitrogen and oxygen atoms in total. The molecule has 1 fully saturated rings. The molecular formula is C13H15F4NO. The minimum Gasteiger partial charge on any atom is -0.379 e. The van der Waals surface area contributed by atoms with E-state index in [1.54, 1.807) is 0 Å². The van der Waals surface area contributed by atoms with Crippen LogP contribution in [0.25, 0.3) is 0 Å². The number of benzene rings is 1. The van der Waals surface area contributed by atoms with Crippen molar-refractivity contribution in [1.29, 1.82) is 0 Å². The van der Waals surface area contributed by atoms with Crippen molar-refractivity contribution in [2.75, 3.05) is 5.32 Å². The Labute approximate surface area is 108 Å². The Morgan fingerprint density at radius 1 is 1.16 bits per heavy atom. The molecule has 0 radical (unpaired) electrons. The van der Waals surface area contributed by atoms with Crippen LogP contribution in [0, 0.1) is 5.82 Å². The molecule has 19 heavy (non-hydrogen) atoms. The summed E-state index contributed by atoms with van der Waals surface area (Å²) in [5, 5.41) is 12.6. The molecule has 0 bridgehead atoms. The zero-order valence-corrected chi connectivity index (χ0v) is 10.2. The van der Waals surface area contributed by atoms with Crippen LogP contribution in [0.3, 0.4) is 0 Å². The summed E-state index contributed by atoms with van der Waals surface area (Å²) < 4.78 is 51.7. The van der Waals surface area contributed by atoms with Crippen molar-refractivity contribution in [3.05, 3.63) is 30.1 Å². The van der Waals surface area contributed by atoms with Crippen molar-refractivity contribution in [1.82, 2.24) is 0 Å². The molecule has 1 aromatic rings. The molecule has 2 atom stereocenters. The Hall–Kier alpha value is -1.30. The first-order chi connectivity index (χ1) is 8.83. The van der Waals surface area contributed by atoms with E-state index < -0.39 is 23.6 Å². The van der Waals surface area contributed by atoms with Gasteiger partial charge in [-0.15, -0.1) is 0 Å². The number of aliphatic hydroxyl groups is 1. The third-order valence-corrected chi connectivity index (χ3v) is 3.55. The summed E-state index contributed by atoms with van der Waals surface area (Å²) >= 11 is 0. The van der Waals surface area contributed by atoms with Crippen LogP contribution < -0.4 is 5.32 Å². The van der Waals surface area contributed by atoms with Gasteiger partial charge in [0.15, 0.2) is 5.60 Å². The van der Waals surface area contributed by atoms with Crippen LogP contribution in [0.4, 0.5) is 23.2 Å². The summed E-state index contributed by atoms with van der Waals surface area (Å²) in [6.07, 6.45) is -3.79. The number of hydrogen-bond donors (Lipinski definition) is 2. The molecule has 1 aromatic carbocycles. The lowest BCUT2D eigenvalue weighted by Gasteiger charge is -2.41. The molecule has 0 saturated heterocycles. The van der Waals surface area contributed by atoms with Crippen LogP contribution >= 0.6 is 0 Å². The van der Waals surface area contributed by atoms with Gasteiger partial charge in [0, 0.05) is 5.69 Å². The second kappa shape index (κ2) is 5.00. The van der Waals surface area contributed by atoms with E-state index in [0.29, 0.717) is 18.5 Å². The standard InChI is InChI=1S/C13H15F4NO/c14-9-4-6-10(7-5-9)18-11-3-1-2-8-12(11,19)13(15,16)17/h4-7,11,18-19H,1-3,8H2/t11-,12-/m0/s1. The van der Waals surface area contributed by atoms with Gasteiger partial charge in [-0.3, -0.25) is 0 Å². The van der Waals surface area contributed by atoms with Crippen LogP contribution in [0.15, 0.2) is 24.3 Å². The maximum Gasteiger partial charge on any atom is 0.419 e. The van der Waals surface area contributed by atoms with Gasteiger partial charge in [0.2, 0.25) is 0 Å². The minimum absolute atomic E-state index is 0.230. The molecule has 0 amide bonds. The minimum atomic E-state index is -4.68. The second-order valence-corrected chi connectivity index (χ2v) is 4.87. The molecule has 1 aliphatic carbocycles. The number of anilines is 1. The van der Waals surface area contributed by atoms with Crippen LogP contribution in [-0.4, -0.2) is 22.9 Å². The summed E-state index contributed by atoms with van der Waals surface area (Å²) in [6.45, 7) is 0. The van der Waals surface area contributed by atoms with E-state index >= 15 is 0 Å². The van der Waals surface area contributed by atoms with E-state index in [2.05, 4.69) is 5.32 Å². The summed E-state index contributed by atoms with van der Waals surface area (Å²) in [5.41, 5.74) is -2.35. The third-order valence-electron chi connectivity index (χ3n) is 3.55. The SMILES string of the molecule is O[C@@]1(C(F)(F)F)CCCC[C@@H]1Nc1ccc(F)cc1. The molecule has 0 heterocycles. The quantitative estimate of drug-likeness (QED) is 0.811. The molecule has 106 valence electrons. The van der Waals surface area contributed by atoms with Crippen molar-refractivity contribution in [2.45, 2.75) is 43.5 Å². The summed E-state index contributed by atoms with van der Waals surface area (Å²) in [5.74, 6) is -0.458. The average Bonchev–Trinajstić information content (AvgIpc) is 2.33. The number of rotatable bonds is 2. The highest BCUT2D eigenvalue weighted by molar-refractivity contribution is 5.44. The van der Waals surface area contributed by atoms with Gasteiger partial charge in [0.05, 0.1) is 6.04 Å². The van der Waals surface area contributed by atoms with E-state index in [9.17, 15) is 22.7 Å². The summed E-state index contributed by atoms with van der Waals surface area (Å²) in [6, 6.07) is 3.95. The molecule has 2 N–H and O–H groups in total. The van der Waals surface area contributed by atoms with E-state index in [1.165, 1.54) is 12.1 Å². The molecule has 1 saturated carbocycles. The topological polar surface area (TPSA) is 32.3 Å². The Kier molecular flexibility index (Phi) is 3.71. The third kappa shape index (κ3) is 2.83. The second-order valence-electron chi connectivity index (χ2n) is 4.87. The fourth-order valence-electron chi connectivity index (χ4n) is 2.43. The fourth-order valence-corrected chi connectivity index (χ4v) is 2.43. The predicted molar refractivity (Wildman–Crippen MR) is 63.3 cm³/mol. The molecular weight excluding hydrogens is 262 g/mol. The molecule has 0 unspecified atom stereocenters. The molecule has 0 spiro atoms. The zero-order chi connectivity index (χ0) is 14.1. The highest BCUT2D eigenvalue weighted by atomic mass is 19.4. The van der Waals surface area contributed by atoms with Gasteiger partial charge in [0.1, 0.15) is 5.82 Å². The smallest absolute Gasteiger partial charge is 0.379 e. The van der Waals surface area contributed by atoms with E-state index in [1.807, 2.05) is 0 Å². The lowest BCUT2D eigenvalue weighted by atomic mass is 9.79. The predicted octanol–water partition coefficient (Wildman–Crippen LogP) is 3.47. The van der Waals surface area contributed by atoms with Crippen molar-refractivity contribution in [2.24, 2.45) is 0 Å². The fraction of sp³-hybridized carbons (Fsp3) is 0.538. The zero-order valence-electron chi connectivity index (χ0n) is 10.2. The molecule has 6 heteroatoms. The Morgan fingerprint density at radius 3 is 2.37 bits per heavy atom. The highest BCUT2D eigenvalue weighted by Gasteiger charge is 2.59. The number of halogens is 4. The van der Waals surface area contributed by atoms with Crippen LogP contribution in [0.5, 0.6) is 0 Å². The number of alkyl halides is 3. The normalized spacial score (nSPS) is 28.2. The first kappa shape index (κ1) is 14.1. The molecule has 1 aliphatic rings. The van der Waals surface area contributed by atoms with Crippen molar-refractivity contribution in [3.63, 3.8) is 0 Å². The maximum absolute atomic E-state index is 13.0. The van der Waals surface area contributed by atoms with E-state index in [0.717, 1.165) is 12.1 Å². The van der Waals surface area contributed by atoms with Gasteiger partial charge in [-0.1, -0.05) is 12.8 Å². The summed E-state index contributed by atoms with van der Waals surface area (Å²) in [7, 11) is 0. The van der Waals surface area contributed by atoms with Crippen LogP contribution in [0.1, 0.15) is 25.7 Å². The maximum atomic E-state index is 13.0. The van der Waals surface area contributed by atoms with Gasteiger partial charge >= 0.3 is 6.18 Å². The molecule has 0 aromatic heterocycles. The lowest BCUT2D eigenvalue weighted by Crippen LogP contribution is -2.58. The first-order valence-electron chi connectivity index (χ1n) is 6.14. The van der Waals surface area contributed by atoms with Gasteiger partial charge in [-0.05, 0) is 37.1 Å². The molecule has 0 aliphatic heterocycles. The van der Waals surface area contributed by atoms with Crippen molar-refractivity contribution < 1.29 is 22.7 Å². The van der Waals surface area contributed by atoms with E-state index in [4.69, 9.17) is 0 Å². The largest absolute Gasteiger partial charge is 0.419 e. The number of nitrogens with one attached hydrogen (secondary N) is 1.